The van der Waals surface area contributed by atoms with Crippen molar-refractivity contribution in [1.29, 1.82) is 0 Å². The first kappa shape index (κ1) is 21.6. The fraction of sp³-hybridized carbons (Fsp3) is 0.269. The quantitative estimate of drug-likeness (QED) is 0.358. The van der Waals surface area contributed by atoms with Gasteiger partial charge in [-0.3, -0.25) is 4.90 Å². The van der Waals surface area contributed by atoms with Crippen LogP contribution < -0.4 is 14.2 Å². The number of nitrogens with zero attached hydrogens (tertiary/aromatic N) is 2. The minimum absolute atomic E-state index is 0.120. The summed E-state index contributed by atoms with van der Waals surface area (Å²) in [6, 6.07) is 16.4. The fourth-order valence-corrected chi connectivity index (χ4v) is 5.28. The molecule has 0 aliphatic carbocycles. The molecule has 0 fully saturated rings. The van der Waals surface area contributed by atoms with Crippen molar-refractivity contribution in [3.05, 3.63) is 81.9 Å². The van der Waals surface area contributed by atoms with Gasteiger partial charge in [-0.1, -0.05) is 6.07 Å². The van der Waals surface area contributed by atoms with Gasteiger partial charge >= 0.3 is 0 Å². The van der Waals surface area contributed by atoms with Gasteiger partial charge in [0.15, 0.2) is 11.5 Å². The Bertz CT molecular complexity index is 1220. The Morgan fingerprint density at radius 1 is 1.03 bits per heavy atom. The van der Waals surface area contributed by atoms with Crippen LogP contribution in [0.1, 0.15) is 27.7 Å². The Kier molecular flexibility index (Phi) is 6.07. The summed E-state index contributed by atoms with van der Waals surface area (Å²) in [5.74, 6) is 2.95. The predicted octanol–water partition coefficient (Wildman–Crippen LogP) is 5.58. The van der Waals surface area contributed by atoms with Crippen molar-refractivity contribution in [1.82, 2.24) is 9.88 Å². The second-order valence-electron chi connectivity index (χ2n) is 7.92. The summed E-state index contributed by atoms with van der Waals surface area (Å²) in [5, 5.41) is 2.13. The van der Waals surface area contributed by atoms with E-state index in [4.69, 9.17) is 23.6 Å². The molecule has 2 aromatic carbocycles. The van der Waals surface area contributed by atoms with Gasteiger partial charge in [-0.25, -0.2) is 4.98 Å². The number of thiophene rings is 1. The summed E-state index contributed by atoms with van der Waals surface area (Å²) in [7, 11) is 5.02. The third-order valence-electron chi connectivity index (χ3n) is 6.04. The van der Waals surface area contributed by atoms with Crippen LogP contribution in [0.4, 0.5) is 0 Å². The third-order valence-corrected chi connectivity index (χ3v) is 6.96. The van der Waals surface area contributed by atoms with Crippen molar-refractivity contribution in [2.45, 2.75) is 19.0 Å². The van der Waals surface area contributed by atoms with E-state index in [-0.39, 0.29) is 6.04 Å². The second-order valence-corrected chi connectivity index (χ2v) is 8.90. The molecule has 0 spiro atoms. The smallest absolute Gasteiger partial charge is 0.226 e. The molecule has 0 saturated heterocycles. The lowest BCUT2D eigenvalue weighted by molar-refractivity contribution is 0.203. The number of fused-ring (bicyclic) bond motifs is 1. The van der Waals surface area contributed by atoms with Crippen molar-refractivity contribution >= 4 is 11.3 Å². The monoisotopic (exact) mass is 462 g/mol. The van der Waals surface area contributed by atoms with Crippen LogP contribution in [0.15, 0.2) is 64.6 Å². The van der Waals surface area contributed by atoms with Gasteiger partial charge in [-0.15, -0.1) is 11.3 Å². The van der Waals surface area contributed by atoms with Gasteiger partial charge in [-0.2, -0.15) is 0 Å². The van der Waals surface area contributed by atoms with Crippen molar-refractivity contribution in [3.8, 4) is 28.7 Å². The molecule has 1 unspecified atom stereocenters. The SMILES string of the molecule is COc1ccc(-c2nc(CN3CCc4cc(OC)c(OC)cc4C3c3cccs3)co2)cc1. The van der Waals surface area contributed by atoms with Gasteiger partial charge in [0.25, 0.3) is 0 Å². The third kappa shape index (κ3) is 4.21. The van der Waals surface area contributed by atoms with Crippen LogP contribution in [-0.4, -0.2) is 37.8 Å². The Balaban J connectivity index is 1.45. The lowest BCUT2D eigenvalue weighted by Gasteiger charge is -2.37. The maximum absolute atomic E-state index is 5.82. The maximum atomic E-state index is 5.82. The molecule has 7 heteroatoms. The molecule has 6 nitrogen and oxygen atoms in total. The number of benzene rings is 2. The Morgan fingerprint density at radius 3 is 2.52 bits per heavy atom. The van der Waals surface area contributed by atoms with Crippen molar-refractivity contribution < 1.29 is 18.6 Å². The maximum Gasteiger partial charge on any atom is 0.226 e. The summed E-state index contributed by atoms with van der Waals surface area (Å²) in [6.45, 7) is 1.60. The van der Waals surface area contributed by atoms with Crippen LogP contribution in [-0.2, 0) is 13.0 Å². The molecule has 170 valence electrons. The molecule has 5 rings (SSSR count). The van der Waals surface area contributed by atoms with E-state index in [9.17, 15) is 0 Å². The molecule has 1 aliphatic heterocycles. The molecule has 2 aromatic heterocycles. The topological polar surface area (TPSA) is 57.0 Å². The lowest BCUT2D eigenvalue weighted by atomic mass is 9.90. The highest BCUT2D eigenvalue weighted by atomic mass is 32.1. The average Bonchev–Trinajstić information content (AvgIpc) is 3.56. The van der Waals surface area contributed by atoms with E-state index < -0.39 is 0 Å². The number of ether oxygens (including phenoxy) is 3. The highest BCUT2D eigenvalue weighted by Gasteiger charge is 2.31. The zero-order chi connectivity index (χ0) is 22.8. The first-order valence-electron chi connectivity index (χ1n) is 10.8. The molecule has 3 heterocycles. The molecular weight excluding hydrogens is 436 g/mol. The molecule has 4 aromatic rings. The Labute approximate surface area is 197 Å². The van der Waals surface area contributed by atoms with Gasteiger partial charge in [0.05, 0.1) is 33.1 Å². The summed E-state index contributed by atoms with van der Waals surface area (Å²) < 4.78 is 22.2. The van der Waals surface area contributed by atoms with Gasteiger partial charge in [0.1, 0.15) is 12.0 Å². The van der Waals surface area contributed by atoms with E-state index in [1.165, 1.54) is 16.0 Å². The molecule has 0 radical (unpaired) electrons. The number of hydrogen-bond acceptors (Lipinski definition) is 7. The number of oxazole rings is 1. The van der Waals surface area contributed by atoms with Crippen molar-refractivity contribution in [2.75, 3.05) is 27.9 Å². The van der Waals surface area contributed by atoms with Crippen LogP contribution in [0.3, 0.4) is 0 Å². The first-order chi connectivity index (χ1) is 16.2. The van der Waals surface area contributed by atoms with Gasteiger partial charge in [0.2, 0.25) is 5.89 Å². The summed E-state index contributed by atoms with van der Waals surface area (Å²) in [4.78, 5) is 8.52. The summed E-state index contributed by atoms with van der Waals surface area (Å²) in [6.07, 6.45) is 2.69. The summed E-state index contributed by atoms with van der Waals surface area (Å²) >= 11 is 1.77. The van der Waals surface area contributed by atoms with E-state index in [1.807, 2.05) is 24.3 Å². The normalized spacial score (nSPS) is 15.8. The van der Waals surface area contributed by atoms with Crippen LogP contribution in [0.5, 0.6) is 17.2 Å². The van der Waals surface area contributed by atoms with Gasteiger partial charge < -0.3 is 18.6 Å². The van der Waals surface area contributed by atoms with E-state index >= 15 is 0 Å². The largest absolute Gasteiger partial charge is 0.497 e. The van der Waals surface area contributed by atoms with Crippen molar-refractivity contribution in [2.24, 2.45) is 0 Å². The molecule has 0 saturated carbocycles. The first-order valence-corrected chi connectivity index (χ1v) is 11.7. The van der Waals surface area contributed by atoms with Crippen LogP contribution in [0.25, 0.3) is 11.5 Å². The molecule has 1 atom stereocenters. The van der Waals surface area contributed by atoms with E-state index in [0.29, 0.717) is 12.4 Å². The molecule has 1 aliphatic rings. The fourth-order valence-electron chi connectivity index (χ4n) is 4.40. The number of rotatable bonds is 7. The van der Waals surface area contributed by atoms with Gasteiger partial charge in [-0.05, 0) is 65.4 Å². The highest BCUT2D eigenvalue weighted by Crippen LogP contribution is 2.42. The zero-order valence-corrected chi connectivity index (χ0v) is 19.7. The lowest BCUT2D eigenvalue weighted by Crippen LogP contribution is -2.35. The average molecular weight is 463 g/mol. The highest BCUT2D eigenvalue weighted by molar-refractivity contribution is 7.10. The van der Waals surface area contributed by atoms with Crippen LogP contribution in [0.2, 0.25) is 0 Å². The molecule has 0 bridgehead atoms. The molecule has 0 amide bonds. The van der Waals surface area contributed by atoms with E-state index in [0.717, 1.165) is 41.5 Å². The number of aromatic nitrogens is 1. The van der Waals surface area contributed by atoms with Crippen molar-refractivity contribution in [3.63, 3.8) is 0 Å². The number of hydrogen-bond donors (Lipinski definition) is 0. The van der Waals surface area contributed by atoms with Crippen LogP contribution in [0, 0.1) is 0 Å². The number of methoxy groups -OCH3 is 3. The Morgan fingerprint density at radius 2 is 1.82 bits per heavy atom. The second kappa shape index (κ2) is 9.29. The molecular formula is C26H26N2O4S. The minimum Gasteiger partial charge on any atom is -0.497 e. The zero-order valence-electron chi connectivity index (χ0n) is 18.9. The van der Waals surface area contributed by atoms with E-state index in [1.54, 1.807) is 38.9 Å². The predicted molar refractivity (Wildman–Crippen MR) is 128 cm³/mol. The Hall–Kier alpha value is -3.29. The summed E-state index contributed by atoms with van der Waals surface area (Å²) in [5.41, 5.74) is 4.38. The van der Waals surface area contributed by atoms with Gasteiger partial charge in [0, 0.05) is 23.5 Å². The van der Waals surface area contributed by atoms with E-state index in [2.05, 4.69) is 34.5 Å². The van der Waals surface area contributed by atoms with Crippen LogP contribution >= 0.6 is 11.3 Å². The molecule has 0 N–H and O–H groups in total. The molecule has 33 heavy (non-hydrogen) atoms. The minimum atomic E-state index is 0.120. The standard InChI is InChI=1S/C26H26N2O4S/c1-29-20-8-6-17(7-9-20)26-27-19(16-32-26)15-28-11-10-18-13-22(30-2)23(31-3)14-21(18)25(28)24-5-4-12-33-24/h4-9,12-14,16,25H,10-11,15H2,1-3H3.